The summed E-state index contributed by atoms with van der Waals surface area (Å²) in [6.07, 6.45) is 3.97. The van der Waals surface area contributed by atoms with Crippen LogP contribution in [0, 0.1) is 0 Å². The maximum atomic E-state index is 6.19. The molecule has 0 aromatic heterocycles. The predicted molar refractivity (Wildman–Crippen MR) is 76.0 cm³/mol. The highest BCUT2D eigenvalue weighted by atomic mass is 79.9. The molecule has 2 nitrogen and oxygen atoms in total. The Balaban J connectivity index is 2.21. The number of nitrogens with zero attached hydrogens (tertiary/aromatic N) is 1. The topological polar surface area (TPSA) is 29.3 Å². The van der Waals surface area contributed by atoms with E-state index in [1.165, 1.54) is 37.9 Å². The van der Waals surface area contributed by atoms with E-state index in [4.69, 9.17) is 5.73 Å². The maximum Gasteiger partial charge on any atom is 0.0496 e. The molecule has 2 atom stereocenters. The minimum Gasteiger partial charge on any atom is -0.326 e. The lowest BCUT2D eigenvalue weighted by Crippen LogP contribution is -2.42. The molecule has 1 heterocycles. The molecular weight excluding hydrogens is 276 g/mol. The Bertz CT molecular complexity index is 359. The fourth-order valence-electron chi connectivity index (χ4n) is 2.73. The SMILES string of the molecule is CC(N)C(c1cccc(Br)c1)N1CCCCC1. The quantitative estimate of drug-likeness (QED) is 0.927. The van der Waals surface area contributed by atoms with Gasteiger partial charge in [0, 0.05) is 16.6 Å². The number of piperidine rings is 1. The van der Waals surface area contributed by atoms with Crippen LogP contribution in [0.2, 0.25) is 0 Å². The van der Waals surface area contributed by atoms with Crippen molar-refractivity contribution in [2.75, 3.05) is 13.1 Å². The van der Waals surface area contributed by atoms with E-state index in [2.05, 4.69) is 52.0 Å². The van der Waals surface area contributed by atoms with Gasteiger partial charge in [-0.1, -0.05) is 34.5 Å². The monoisotopic (exact) mass is 296 g/mol. The molecule has 1 aliphatic heterocycles. The Kier molecular flexibility index (Phi) is 4.60. The van der Waals surface area contributed by atoms with Crippen LogP contribution in [-0.2, 0) is 0 Å². The molecule has 1 fully saturated rings. The normalized spacial score (nSPS) is 21.1. The zero-order valence-electron chi connectivity index (χ0n) is 10.4. The van der Waals surface area contributed by atoms with Crippen LogP contribution in [-0.4, -0.2) is 24.0 Å². The first-order valence-electron chi connectivity index (χ1n) is 6.43. The van der Waals surface area contributed by atoms with Crippen molar-refractivity contribution in [1.29, 1.82) is 0 Å². The van der Waals surface area contributed by atoms with E-state index in [1.807, 2.05) is 0 Å². The third kappa shape index (κ3) is 3.30. The Morgan fingerprint density at radius 1 is 1.24 bits per heavy atom. The van der Waals surface area contributed by atoms with E-state index in [0.29, 0.717) is 6.04 Å². The molecule has 1 aliphatic rings. The summed E-state index contributed by atoms with van der Waals surface area (Å²) in [6, 6.07) is 9.07. The molecule has 94 valence electrons. The van der Waals surface area contributed by atoms with Crippen molar-refractivity contribution in [3.05, 3.63) is 34.3 Å². The minimum atomic E-state index is 0.169. The zero-order valence-corrected chi connectivity index (χ0v) is 12.0. The van der Waals surface area contributed by atoms with Gasteiger partial charge in [-0.2, -0.15) is 0 Å². The average molecular weight is 297 g/mol. The summed E-state index contributed by atoms with van der Waals surface area (Å²) in [4.78, 5) is 2.54. The fraction of sp³-hybridized carbons (Fsp3) is 0.571. The van der Waals surface area contributed by atoms with Crippen LogP contribution < -0.4 is 5.73 Å². The molecule has 2 N–H and O–H groups in total. The highest BCUT2D eigenvalue weighted by molar-refractivity contribution is 9.10. The Morgan fingerprint density at radius 3 is 2.53 bits per heavy atom. The Hall–Kier alpha value is -0.380. The van der Waals surface area contributed by atoms with Crippen LogP contribution in [0.15, 0.2) is 28.7 Å². The lowest BCUT2D eigenvalue weighted by Gasteiger charge is -2.37. The minimum absolute atomic E-state index is 0.169. The van der Waals surface area contributed by atoms with E-state index < -0.39 is 0 Å². The van der Waals surface area contributed by atoms with Gasteiger partial charge in [-0.05, 0) is 50.6 Å². The van der Waals surface area contributed by atoms with Gasteiger partial charge >= 0.3 is 0 Å². The van der Waals surface area contributed by atoms with E-state index >= 15 is 0 Å². The third-order valence-corrected chi connectivity index (χ3v) is 3.97. The number of benzene rings is 1. The molecule has 2 rings (SSSR count). The van der Waals surface area contributed by atoms with Gasteiger partial charge in [0.05, 0.1) is 0 Å². The molecule has 0 aliphatic carbocycles. The van der Waals surface area contributed by atoms with Gasteiger partial charge in [0.1, 0.15) is 0 Å². The molecule has 17 heavy (non-hydrogen) atoms. The zero-order chi connectivity index (χ0) is 12.3. The number of halogens is 1. The summed E-state index contributed by atoms with van der Waals surface area (Å²) in [6.45, 7) is 4.47. The summed E-state index contributed by atoms with van der Waals surface area (Å²) in [5.74, 6) is 0. The van der Waals surface area contributed by atoms with E-state index in [0.717, 1.165) is 4.47 Å². The number of hydrogen-bond donors (Lipinski definition) is 1. The maximum absolute atomic E-state index is 6.19. The van der Waals surface area contributed by atoms with Gasteiger partial charge in [0.25, 0.3) is 0 Å². The summed E-state index contributed by atoms with van der Waals surface area (Å²) in [5, 5.41) is 0. The second-order valence-electron chi connectivity index (χ2n) is 4.96. The van der Waals surface area contributed by atoms with Gasteiger partial charge in [-0.25, -0.2) is 0 Å². The average Bonchev–Trinajstić information content (AvgIpc) is 2.30. The number of rotatable bonds is 3. The van der Waals surface area contributed by atoms with Crippen molar-refractivity contribution in [2.24, 2.45) is 5.73 Å². The first-order chi connectivity index (χ1) is 8.18. The van der Waals surface area contributed by atoms with Crippen LogP contribution in [0.1, 0.15) is 37.8 Å². The fourth-order valence-corrected chi connectivity index (χ4v) is 3.15. The van der Waals surface area contributed by atoms with Crippen LogP contribution in [0.3, 0.4) is 0 Å². The summed E-state index contributed by atoms with van der Waals surface area (Å²) in [7, 11) is 0. The lowest BCUT2D eigenvalue weighted by molar-refractivity contribution is 0.146. The van der Waals surface area contributed by atoms with Crippen molar-refractivity contribution in [3.8, 4) is 0 Å². The second-order valence-corrected chi connectivity index (χ2v) is 5.87. The second kappa shape index (κ2) is 5.98. The van der Waals surface area contributed by atoms with Crippen molar-refractivity contribution in [2.45, 2.75) is 38.3 Å². The number of hydrogen-bond acceptors (Lipinski definition) is 2. The third-order valence-electron chi connectivity index (χ3n) is 3.47. The van der Waals surface area contributed by atoms with Crippen LogP contribution in [0.4, 0.5) is 0 Å². The largest absolute Gasteiger partial charge is 0.326 e. The number of nitrogens with two attached hydrogens (primary N) is 1. The molecule has 2 unspecified atom stereocenters. The molecule has 1 saturated heterocycles. The molecule has 1 aromatic carbocycles. The standard InChI is InChI=1S/C14H21BrN2/c1-11(16)14(17-8-3-2-4-9-17)12-6-5-7-13(15)10-12/h5-7,10-11,14H,2-4,8-9,16H2,1H3. The van der Waals surface area contributed by atoms with Crippen molar-refractivity contribution < 1.29 is 0 Å². The highest BCUT2D eigenvalue weighted by Gasteiger charge is 2.25. The first-order valence-corrected chi connectivity index (χ1v) is 7.23. The lowest BCUT2D eigenvalue weighted by atomic mass is 9.97. The van der Waals surface area contributed by atoms with E-state index in [9.17, 15) is 0 Å². The Morgan fingerprint density at radius 2 is 1.94 bits per heavy atom. The van der Waals surface area contributed by atoms with Crippen molar-refractivity contribution in [1.82, 2.24) is 4.90 Å². The molecule has 0 radical (unpaired) electrons. The van der Waals surface area contributed by atoms with Crippen molar-refractivity contribution >= 4 is 15.9 Å². The molecule has 0 amide bonds. The van der Waals surface area contributed by atoms with E-state index in [1.54, 1.807) is 0 Å². The van der Waals surface area contributed by atoms with Gasteiger partial charge in [0.15, 0.2) is 0 Å². The predicted octanol–water partition coefficient (Wildman–Crippen LogP) is 3.32. The van der Waals surface area contributed by atoms with Gasteiger partial charge in [-0.3, -0.25) is 4.90 Å². The van der Waals surface area contributed by atoms with Gasteiger partial charge in [-0.15, -0.1) is 0 Å². The molecule has 3 heteroatoms. The smallest absolute Gasteiger partial charge is 0.0496 e. The molecule has 0 saturated carbocycles. The van der Waals surface area contributed by atoms with Gasteiger partial charge < -0.3 is 5.73 Å². The van der Waals surface area contributed by atoms with Crippen LogP contribution >= 0.6 is 15.9 Å². The molecular formula is C14H21BrN2. The first kappa shape index (κ1) is 13.1. The highest BCUT2D eigenvalue weighted by Crippen LogP contribution is 2.28. The van der Waals surface area contributed by atoms with Crippen LogP contribution in [0.25, 0.3) is 0 Å². The molecule has 0 spiro atoms. The molecule has 1 aromatic rings. The summed E-state index contributed by atoms with van der Waals surface area (Å²) < 4.78 is 1.14. The van der Waals surface area contributed by atoms with E-state index in [-0.39, 0.29) is 6.04 Å². The number of likely N-dealkylation sites (tertiary alicyclic amines) is 1. The summed E-state index contributed by atoms with van der Waals surface area (Å²) >= 11 is 3.54. The molecule has 0 bridgehead atoms. The van der Waals surface area contributed by atoms with Crippen molar-refractivity contribution in [3.63, 3.8) is 0 Å². The Labute approximate surface area is 112 Å². The van der Waals surface area contributed by atoms with Gasteiger partial charge in [0.2, 0.25) is 0 Å². The summed E-state index contributed by atoms with van der Waals surface area (Å²) in [5.41, 5.74) is 7.52. The van der Waals surface area contributed by atoms with Crippen LogP contribution in [0.5, 0.6) is 0 Å².